The van der Waals surface area contributed by atoms with E-state index in [2.05, 4.69) is 103 Å². The van der Waals surface area contributed by atoms with Crippen molar-refractivity contribution >= 4 is 45.0 Å². The minimum atomic E-state index is -0.0130. The Labute approximate surface area is 367 Å². The van der Waals surface area contributed by atoms with Gasteiger partial charge in [-0.2, -0.15) is 10.5 Å². The number of fused-ring (bicyclic) bond motifs is 2. The molecule has 4 fully saturated rings. The summed E-state index contributed by atoms with van der Waals surface area (Å²) in [5.74, 6) is 2.35. The van der Waals surface area contributed by atoms with Gasteiger partial charge in [0.05, 0.1) is 34.6 Å². The van der Waals surface area contributed by atoms with Crippen LogP contribution in [-0.2, 0) is 9.59 Å². The Hall–Kier alpha value is -5.12. The van der Waals surface area contributed by atoms with E-state index < -0.39 is 0 Å². The monoisotopic (exact) mass is 841 g/mol. The van der Waals surface area contributed by atoms with Gasteiger partial charge in [-0.1, -0.05) is 13.8 Å². The number of piperidine rings is 2. The first-order valence-corrected chi connectivity index (χ1v) is 22.6. The van der Waals surface area contributed by atoms with Crippen molar-refractivity contribution in [3.8, 4) is 12.1 Å². The lowest BCUT2D eigenvalue weighted by molar-refractivity contribution is -0.126. The molecular formula is C48H64N12O2. The van der Waals surface area contributed by atoms with Gasteiger partial charge < -0.3 is 19.6 Å². The van der Waals surface area contributed by atoms with Crippen molar-refractivity contribution in [1.29, 1.82) is 10.5 Å². The Morgan fingerprint density at radius 3 is 1.29 bits per heavy atom. The number of anilines is 2. The van der Waals surface area contributed by atoms with Gasteiger partial charge in [0.2, 0.25) is 0 Å². The van der Waals surface area contributed by atoms with Crippen LogP contribution >= 0.6 is 0 Å². The summed E-state index contributed by atoms with van der Waals surface area (Å²) in [4.78, 5) is 58.1. The van der Waals surface area contributed by atoms with Gasteiger partial charge in [0.25, 0.3) is 0 Å². The standard InChI is InChI=1S/2C24H32N6O/c2*1-17-12-19(13-22(31)18(2)29-10-8-28(3)9-11-29)16-30(15-17)21-5-4-20(14-25)23-24(21)27-7-6-26-23/h2*4-7,17-19H,8-13,15-16H2,1-3H3/t17-,18+,19-;17-,18-,19-/m00/s1. The normalized spacial score (nSPS) is 24.1. The fourth-order valence-electron chi connectivity index (χ4n) is 10.2. The van der Waals surface area contributed by atoms with Gasteiger partial charge in [-0.25, -0.2) is 0 Å². The maximum Gasteiger partial charge on any atom is 0.150 e. The largest absolute Gasteiger partial charge is 0.369 e. The average molecular weight is 841 g/mol. The van der Waals surface area contributed by atoms with Crippen LogP contribution in [0.15, 0.2) is 49.1 Å². The highest BCUT2D eigenvalue weighted by Crippen LogP contribution is 2.35. The fraction of sp³-hybridized carbons (Fsp3) is 0.583. The minimum absolute atomic E-state index is 0.0130. The number of hydrogen-bond acceptors (Lipinski definition) is 14. The molecule has 6 heterocycles. The van der Waals surface area contributed by atoms with E-state index in [1.54, 1.807) is 24.8 Å². The van der Waals surface area contributed by atoms with Gasteiger partial charge in [-0.3, -0.25) is 39.3 Å². The zero-order valence-electron chi connectivity index (χ0n) is 37.6. The second-order valence-corrected chi connectivity index (χ2v) is 18.6. The first-order valence-electron chi connectivity index (χ1n) is 22.6. The first-order chi connectivity index (χ1) is 29.9. The molecule has 14 heteroatoms. The van der Waals surface area contributed by atoms with Crippen LogP contribution < -0.4 is 9.80 Å². The quantitative estimate of drug-likeness (QED) is 0.208. The van der Waals surface area contributed by atoms with E-state index in [9.17, 15) is 20.1 Å². The molecule has 328 valence electrons. The van der Waals surface area contributed by atoms with E-state index in [1.807, 2.05) is 24.3 Å². The number of ketones is 2. The number of rotatable bonds is 10. The highest BCUT2D eigenvalue weighted by Gasteiger charge is 2.33. The minimum Gasteiger partial charge on any atom is -0.369 e. The van der Waals surface area contributed by atoms with Gasteiger partial charge in [0.15, 0.2) is 0 Å². The number of nitrogens with zero attached hydrogens (tertiary/aromatic N) is 12. The fourth-order valence-corrected chi connectivity index (χ4v) is 10.2. The molecule has 4 aromatic rings. The molecular weight excluding hydrogens is 777 g/mol. The molecule has 0 bridgehead atoms. The molecule has 4 saturated heterocycles. The SMILES string of the molecule is C[C@H]1C[C@@H](CC(=O)[C@@H](C)N2CCN(C)CC2)CN(c2ccc(C#N)c3nccnc23)C1.C[C@H]1C[C@@H](CC(=O)[C@H](C)N2CCN(C)CC2)CN(c2ccc(C#N)c3nccnc23)C1. The topological polar surface area (TPSA) is 153 Å². The third kappa shape index (κ3) is 10.6. The summed E-state index contributed by atoms with van der Waals surface area (Å²) in [5.41, 5.74) is 5.96. The Bertz CT molecular complexity index is 2110. The molecule has 14 nitrogen and oxygen atoms in total. The van der Waals surface area contributed by atoms with Crippen molar-refractivity contribution < 1.29 is 9.59 Å². The molecule has 4 aliphatic rings. The smallest absolute Gasteiger partial charge is 0.150 e. The van der Waals surface area contributed by atoms with Crippen molar-refractivity contribution in [3.63, 3.8) is 0 Å². The lowest BCUT2D eigenvalue weighted by atomic mass is 9.85. The first kappa shape index (κ1) is 44.9. The van der Waals surface area contributed by atoms with Crippen LogP contribution in [0.2, 0.25) is 0 Å². The highest BCUT2D eigenvalue weighted by atomic mass is 16.1. The number of benzene rings is 2. The van der Waals surface area contributed by atoms with Crippen molar-refractivity contribution in [1.82, 2.24) is 39.5 Å². The van der Waals surface area contributed by atoms with Gasteiger partial charge in [0, 0.05) is 116 Å². The van der Waals surface area contributed by atoms with E-state index in [1.165, 1.54) is 0 Å². The van der Waals surface area contributed by atoms with Crippen LogP contribution in [0.1, 0.15) is 64.5 Å². The molecule has 4 aliphatic heterocycles. The number of Topliss-reactive ketones (excluding diaryl/α,β-unsaturated/α-hetero) is 2. The number of nitriles is 2. The number of carbonyl (C=O) groups is 2. The van der Waals surface area contributed by atoms with Gasteiger partial charge in [-0.05, 0) is 88.7 Å². The number of hydrogen-bond donors (Lipinski definition) is 0. The second kappa shape index (κ2) is 20.4. The van der Waals surface area contributed by atoms with Gasteiger partial charge >= 0.3 is 0 Å². The molecule has 0 radical (unpaired) electrons. The highest BCUT2D eigenvalue weighted by molar-refractivity contribution is 5.93. The van der Waals surface area contributed by atoms with E-state index in [-0.39, 0.29) is 12.1 Å². The van der Waals surface area contributed by atoms with Gasteiger partial charge in [-0.15, -0.1) is 0 Å². The second-order valence-electron chi connectivity index (χ2n) is 18.6. The summed E-state index contributed by atoms with van der Waals surface area (Å²) in [7, 11) is 4.28. The predicted octanol–water partition coefficient (Wildman–Crippen LogP) is 5.12. The number of likely N-dealkylation sites (N-methyl/N-ethyl adjacent to an activating group) is 2. The Kier molecular flexibility index (Phi) is 14.8. The van der Waals surface area contributed by atoms with Crippen LogP contribution in [0.3, 0.4) is 0 Å². The number of carbonyl (C=O) groups excluding carboxylic acids is 2. The third-order valence-electron chi connectivity index (χ3n) is 13.7. The van der Waals surface area contributed by atoms with Crippen molar-refractivity contribution in [2.24, 2.45) is 23.7 Å². The van der Waals surface area contributed by atoms with Crippen LogP contribution in [-0.4, -0.2) is 156 Å². The Morgan fingerprint density at radius 1 is 0.581 bits per heavy atom. The van der Waals surface area contributed by atoms with Crippen molar-refractivity contribution in [3.05, 3.63) is 60.2 Å². The van der Waals surface area contributed by atoms with E-state index in [4.69, 9.17) is 0 Å². The molecule has 0 spiro atoms. The summed E-state index contributed by atoms with van der Waals surface area (Å²) in [6.07, 6.45) is 10.00. The van der Waals surface area contributed by atoms with Crippen molar-refractivity contribution in [2.75, 3.05) is 102 Å². The van der Waals surface area contributed by atoms with Crippen LogP contribution in [0.4, 0.5) is 11.4 Å². The Morgan fingerprint density at radius 2 is 0.935 bits per heavy atom. The Balaban J connectivity index is 0.000000186. The zero-order valence-corrected chi connectivity index (χ0v) is 37.6. The maximum atomic E-state index is 13.1. The number of aromatic nitrogens is 4. The molecule has 0 saturated carbocycles. The lowest BCUT2D eigenvalue weighted by Gasteiger charge is -2.39. The lowest BCUT2D eigenvalue weighted by Crippen LogP contribution is -2.51. The summed E-state index contributed by atoms with van der Waals surface area (Å²) >= 11 is 0. The number of piperazine rings is 2. The molecule has 0 unspecified atom stereocenters. The summed E-state index contributed by atoms with van der Waals surface area (Å²) < 4.78 is 0. The average Bonchev–Trinajstić information content (AvgIpc) is 3.28. The molecule has 2 aromatic carbocycles. The maximum absolute atomic E-state index is 13.1. The van der Waals surface area contributed by atoms with Crippen molar-refractivity contribution in [2.45, 2.75) is 65.5 Å². The van der Waals surface area contributed by atoms with E-state index in [0.717, 1.165) is 114 Å². The summed E-state index contributed by atoms with van der Waals surface area (Å²) in [6, 6.07) is 12.0. The summed E-state index contributed by atoms with van der Waals surface area (Å²) in [6.45, 7) is 20.1. The van der Waals surface area contributed by atoms with Crippen LogP contribution in [0.25, 0.3) is 22.1 Å². The molecule has 8 rings (SSSR count). The zero-order chi connectivity index (χ0) is 43.9. The molecule has 0 aliphatic carbocycles. The van der Waals surface area contributed by atoms with E-state index >= 15 is 0 Å². The molecule has 0 amide bonds. The molecule has 6 atom stereocenters. The third-order valence-corrected chi connectivity index (χ3v) is 13.7. The van der Waals surface area contributed by atoms with Gasteiger partial charge in [0.1, 0.15) is 45.8 Å². The van der Waals surface area contributed by atoms with Crippen LogP contribution in [0, 0.1) is 46.3 Å². The predicted molar refractivity (Wildman–Crippen MR) is 244 cm³/mol. The summed E-state index contributed by atoms with van der Waals surface area (Å²) in [5, 5.41) is 18.8. The molecule has 0 N–H and O–H groups in total. The van der Waals surface area contributed by atoms with Crippen LogP contribution in [0.5, 0.6) is 0 Å². The molecule has 2 aromatic heterocycles. The molecule has 62 heavy (non-hydrogen) atoms. The van der Waals surface area contributed by atoms with E-state index in [0.29, 0.717) is 70.2 Å².